The minimum Gasteiger partial charge on any atom is -0.490 e. The lowest BCUT2D eigenvalue weighted by Gasteiger charge is -2.16. The number of carbonyl (C=O) groups is 1. The van der Waals surface area contributed by atoms with Gasteiger partial charge in [-0.1, -0.05) is 11.3 Å². The highest BCUT2D eigenvalue weighted by molar-refractivity contribution is 7.16. The van der Waals surface area contributed by atoms with Crippen molar-refractivity contribution >= 4 is 27.5 Å². The van der Waals surface area contributed by atoms with Crippen molar-refractivity contribution in [2.45, 2.75) is 27.3 Å². The van der Waals surface area contributed by atoms with E-state index in [0.717, 1.165) is 5.52 Å². The minimum absolute atomic E-state index is 0.308. The molecule has 0 N–H and O–H groups in total. The molecule has 0 spiro atoms. The van der Waals surface area contributed by atoms with Crippen LogP contribution >= 0.6 is 11.3 Å². The number of thiazole rings is 1. The molecule has 3 rings (SSSR count). The van der Waals surface area contributed by atoms with Crippen LogP contribution in [0.1, 0.15) is 31.1 Å². The van der Waals surface area contributed by atoms with Crippen molar-refractivity contribution in [3.8, 4) is 17.2 Å². The monoisotopic (exact) mass is 462 g/mol. The summed E-state index contributed by atoms with van der Waals surface area (Å²) in [6.45, 7) is 7.70. The predicted molar refractivity (Wildman–Crippen MR) is 121 cm³/mol. The molecule has 2 aromatic carbocycles. The zero-order chi connectivity index (χ0) is 23.1. The van der Waals surface area contributed by atoms with Gasteiger partial charge in [0.05, 0.1) is 36.6 Å². The number of hydrogen-bond acceptors (Lipinski definition) is 6. The van der Waals surface area contributed by atoms with E-state index in [0.29, 0.717) is 65.3 Å². The number of aromatic nitrogens is 1. The van der Waals surface area contributed by atoms with Crippen LogP contribution in [0.3, 0.4) is 0 Å². The van der Waals surface area contributed by atoms with Gasteiger partial charge in [0.15, 0.2) is 16.3 Å². The number of hydrogen-bond donors (Lipinski definition) is 0. The molecule has 0 radical (unpaired) electrons. The van der Waals surface area contributed by atoms with E-state index in [9.17, 15) is 9.18 Å². The quantitative estimate of drug-likeness (QED) is 0.446. The topological polar surface area (TPSA) is 71.3 Å². The summed E-state index contributed by atoms with van der Waals surface area (Å²) in [6, 6.07) is 7.71. The Balaban J connectivity index is 2.11. The smallest absolute Gasteiger partial charge is 0.279 e. The zero-order valence-corrected chi connectivity index (χ0v) is 19.5. The Morgan fingerprint density at radius 3 is 2.28 bits per heavy atom. The van der Waals surface area contributed by atoms with Gasteiger partial charge in [0.1, 0.15) is 5.82 Å². The summed E-state index contributed by atoms with van der Waals surface area (Å²) in [5.41, 5.74) is 1.10. The predicted octanol–water partition coefficient (Wildman–Crippen LogP) is 4.43. The third-order valence-electron chi connectivity index (χ3n) is 4.52. The van der Waals surface area contributed by atoms with Gasteiger partial charge >= 0.3 is 0 Å². The standard InChI is InChI=1S/C23H27FN2O5S/c1-5-29-18-12-15(13-19(30-6-2)21(18)31-7-3)22(27)25-23-26(10-11-28-4)17-9-8-16(24)14-20(17)32-23/h8-9,12-14H,5-7,10-11H2,1-4H3. The van der Waals surface area contributed by atoms with Crippen molar-refractivity contribution in [3.63, 3.8) is 0 Å². The second-order valence-corrected chi connectivity index (χ2v) is 7.67. The van der Waals surface area contributed by atoms with Crippen LogP contribution < -0.4 is 19.0 Å². The number of carbonyl (C=O) groups excluding carboxylic acids is 1. The molecule has 172 valence electrons. The Bertz CT molecular complexity index is 1130. The van der Waals surface area contributed by atoms with Crippen LogP contribution in [-0.4, -0.2) is 44.0 Å². The Labute approximate surface area is 190 Å². The number of rotatable bonds is 10. The fourth-order valence-electron chi connectivity index (χ4n) is 3.19. The molecule has 1 heterocycles. The van der Waals surface area contributed by atoms with Gasteiger partial charge in [-0.25, -0.2) is 4.39 Å². The maximum absolute atomic E-state index is 13.7. The number of methoxy groups -OCH3 is 1. The lowest BCUT2D eigenvalue weighted by atomic mass is 10.1. The average molecular weight is 463 g/mol. The molecule has 0 saturated heterocycles. The molecule has 1 amide bonds. The first kappa shape index (κ1) is 23.7. The van der Waals surface area contributed by atoms with Gasteiger partial charge in [0, 0.05) is 19.2 Å². The first-order valence-corrected chi connectivity index (χ1v) is 11.3. The van der Waals surface area contributed by atoms with Crippen LogP contribution in [0.2, 0.25) is 0 Å². The molecular formula is C23H27FN2O5S. The SMILES string of the molecule is CCOc1cc(C(=O)N=c2sc3cc(F)ccc3n2CCOC)cc(OCC)c1OCC. The van der Waals surface area contributed by atoms with Crippen molar-refractivity contribution in [1.29, 1.82) is 0 Å². The molecule has 0 saturated carbocycles. The van der Waals surface area contributed by atoms with Crippen LogP contribution in [-0.2, 0) is 11.3 Å². The van der Waals surface area contributed by atoms with Gasteiger partial charge in [0.2, 0.25) is 5.75 Å². The number of nitrogens with zero attached hydrogens (tertiary/aromatic N) is 2. The molecule has 32 heavy (non-hydrogen) atoms. The van der Waals surface area contributed by atoms with Crippen molar-refractivity contribution in [3.05, 3.63) is 46.5 Å². The highest BCUT2D eigenvalue weighted by Crippen LogP contribution is 2.39. The third kappa shape index (κ3) is 5.28. The molecular weight excluding hydrogens is 435 g/mol. The summed E-state index contributed by atoms with van der Waals surface area (Å²) >= 11 is 1.24. The molecule has 3 aromatic rings. The summed E-state index contributed by atoms with van der Waals surface area (Å²) < 4.78 is 38.6. The van der Waals surface area contributed by atoms with E-state index in [-0.39, 0.29) is 5.82 Å². The van der Waals surface area contributed by atoms with Gasteiger partial charge in [-0.3, -0.25) is 4.79 Å². The average Bonchev–Trinajstić information content (AvgIpc) is 3.10. The fourth-order valence-corrected chi connectivity index (χ4v) is 4.27. The molecule has 1 aromatic heterocycles. The summed E-state index contributed by atoms with van der Waals surface area (Å²) in [5.74, 6) is 0.493. The molecule has 0 atom stereocenters. The second-order valence-electron chi connectivity index (χ2n) is 6.66. The van der Waals surface area contributed by atoms with Crippen molar-refractivity contribution in [2.75, 3.05) is 33.5 Å². The molecule has 9 heteroatoms. The van der Waals surface area contributed by atoms with E-state index in [2.05, 4.69) is 4.99 Å². The van der Waals surface area contributed by atoms with Crippen molar-refractivity contribution < 1.29 is 28.1 Å². The largest absolute Gasteiger partial charge is 0.490 e. The number of halogens is 1. The Morgan fingerprint density at radius 1 is 1.03 bits per heavy atom. The van der Waals surface area contributed by atoms with E-state index in [1.54, 1.807) is 25.3 Å². The molecule has 7 nitrogen and oxygen atoms in total. The second kappa shape index (κ2) is 11.1. The van der Waals surface area contributed by atoms with Crippen LogP contribution in [0.4, 0.5) is 4.39 Å². The molecule has 0 aliphatic heterocycles. The highest BCUT2D eigenvalue weighted by Gasteiger charge is 2.19. The molecule has 0 aliphatic carbocycles. The van der Waals surface area contributed by atoms with Gasteiger partial charge < -0.3 is 23.5 Å². The lowest BCUT2D eigenvalue weighted by molar-refractivity contribution is 0.0996. The van der Waals surface area contributed by atoms with E-state index in [1.165, 1.54) is 23.5 Å². The van der Waals surface area contributed by atoms with Gasteiger partial charge in [-0.05, 0) is 51.1 Å². The summed E-state index contributed by atoms with van der Waals surface area (Å²) in [5, 5.41) is 0. The number of benzene rings is 2. The molecule has 0 aliphatic rings. The van der Waals surface area contributed by atoms with E-state index in [4.69, 9.17) is 18.9 Å². The summed E-state index contributed by atoms with van der Waals surface area (Å²) in [4.78, 5) is 17.9. The lowest BCUT2D eigenvalue weighted by Crippen LogP contribution is -2.19. The normalized spacial score (nSPS) is 11.7. The number of amides is 1. The zero-order valence-electron chi connectivity index (χ0n) is 18.6. The van der Waals surface area contributed by atoms with Gasteiger partial charge in [-0.2, -0.15) is 4.99 Å². The van der Waals surface area contributed by atoms with Gasteiger partial charge in [-0.15, -0.1) is 0 Å². The third-order valence-corrected chi connectivity index (χ3v) is 5.56. The number of ether oxygens (including phenoxy) is 4. The maximum atomic E-state index is 13.7. The van der Waals surface area contributed by atoms with E-state index in [1.807, 2.05) is 25.3 Å². The Hall–Kier alpha value is -2.91. The molecule has 0 unspecified atom stereocenters. The van der Waals surface area contributed by atoms with Crippen LogP contribution in [0.5, 0.6) is 17.2 Å². The first-order chi connectivity index (χ1) is 15.5. The Kier molecular flexibility index (Phi) is 8.24. The van der Waals surface area contributed by atoms with E-state index < -0.39 is 5.91 Å². The summed E-state index contributed by atoms with van der Waals surface area (Å²) in [6.07, 6.45) is 0. The van der Waals surface area contributed by atoms with Crippen molar-refractivity contribution in [1.82, 2.24) is 4.57 Å². The molecule has 0 fully saturated rings. The molecule has 0 bridgehead atoms. The van der Waals surface area contributed by atoms with Gasteiger partial charge in [0.25, 0.3) is 5.91 Å². The highest BCUT2D eigenvalue weighted by atomic mass is 32.1. The Morgan fingerprint density at radius 2 is 1.69 bits per heavy atom. The summed E-state index contributed by atoms with van der Waals surface area (Å²) in [7, 11) is 1.60. The van der Waals surface area contributed by atoms with Crippen molar-refractivity contribution in [2.24, 2.45) is 4.99 Å². The first-order valence-electron chi connectivity index (χ1n) is 10.5. The van der Waals surface area contributed by atoms with Crippen LogP contribution in [0.25, 0.3) is 10.2 Å². The van der Waals surface area contributed by atoms with E-state index >= 15 is 0 Å². The number of fused-ring (bicyclic) bond motifs is 1. The van der Waals surface area contributed by atoms with Crippen LogP contribution in [0, 0.1) is 5.82 Å². The van der Waals surface area contributed by atoms with Crippen LogP contribution in [0.15, 0.2) is 35.3 Å². The minimum atomic E-state index is -0.465. The maximum Gasteiger partial charge on any atom is 0.279 e. The fraction of sp³-hybridized carbons (Fsp3) is 0.391.